The Hall–Kier alpha value is -2.74. The third kappa shape index (κ3) is 3.64. The van der Waals surface area contributed by atoms with Crippen molar-refractivity contribution in [1.82, 2.24) is 5.32 Å². The Bertz CT molecular complexity index is 997. The Morgan fingerprint density at radius 3 is 2.48 bits per heavy atom. The molecular formula is C18H17F2N3O5S. The van der Waals surface area contributed by atoms with Gasteiger partial charge < -0.3 is 10.1 Å². The maximum atomic E-state index is 14.7. The summed E-state index contributed by atoms with van der Waals surface area (Å²) >= 11 is 0. The van der Waals surface area contributed by atoms with E-state index in [-0.39, 0.29) is 54.1 Å². The molecule has 4 atom stereocenters. The van der Waals surface area contributed by atoms with Gasteiger partial charge in [0.15, 0.2) is 9.84 Å². The molecule has 1 aromatic rings. The minimum absolute atomic E-state index is 0.0157. The zero-order valence-electron chi connectivity index (χ0n) is 15.1. The second-order valence-corrected chi connectivity index (χ2v) is 9.66. The van der Waals surface area contributed by atoms with Crippen LogP contribution >= 0.6 is 0 Å². The van der Waals surface area contributed by atoms with Gasteiger partial charge >= 0.3 is 6.09 Å². The summed E-state index contributed by atoms with van der Waals surface area (Å²) < 4.78 is 57.5. The first-order valence-electron chi connectivity index (χ1n) is 9.01. The maximum Gasteiger partial charge on any atom is 0.414 e. The Morgan fingerprint density at radius 2 is 1.90 bits per heavy atom. The molecule has 0 radical (unpaired) electrons. The number of carbonyl (C=O) groups is 2. The predicted molar refractivity (Wildman–Crippen MR) is 95.6 cm³/mol. The van der Waals surface area contributed by atoms with Gasteiger partial charge in [-0.15, -0.1) is 0 Å². The van der Waals surface area contributed by atoms with Gasteiger partial charge in [0.1, 0.15) is 24.2 Å². The summed E-state index contributed by atoms with van der Waals surface area (Å²) in [6.07, 6.45) is -1.85. The minimum atomic E-state index is -3.12. The van der Waals surface area contributed by atoms with Crippen LogP contribution in [-0.2, 0) is 19.4 Å². The molecule has 4 rings (SSSR count). The SMILES string of the molecule is N#CCC(=O)NC[C@H]1CN(c2cc(F)c([C@H]3[C@@H]4CS(=O)(=O)C[C@@H]43)c(F)c2)C(=O)O1. The highest BCUT2D eigenvalue weighted by Gasteiger charge is 2.60. The van der Waals surface area contributed by atoms with Crippen LogP contribution in [-0.4, -0.2) is 51.1 Å². The number of fused-ring (bicyclic) bond motifs is 1. The number of nitriles is 1. The van der Waals surface area contributed by atoms with Gasteiger partial charge in [-0.25, -0.2) is 22.0 Å². The van der Waals surface area contributed by atoms with Crippen LogP contribution in [0.4, 0.5) is 19.3 Å². The number of amides is 2. The molecule has 3 aliphatic rings. The van der Waals surface area contributed by atoms with E-state index in [1.165, 1.54) is 0 Å². The molecule has 2 saturated heterocycles. The van der Waals surface area contributed by atoms with Crippen LogP contribution in [0, 0.1) is 34.8 Å². The third-order valence-electron chi connectivity index (χ3n) is 5.57. The van der Waals surface area contributed by atoms with Crippen molar-refractivity contribution in [3.8, 4) is 6.07 Å². The number of anilines is 1. The van der Waals surface area contributed by atoms with Crippen LogP contribution in [0.25, 0.3) is 0 Å². The number of cyclic esters (lactones) is 1. The molecule has 2 aliphatic heterocycles. The fourth-order valence-corrected chi connectivity index (χ4v) is 6.45. The largest absolute Gasteiger partial charge is 0.442 e. The number of hydrogen-bond acceptors (Lipinski definition) is 6. The van der Waals surface area contributed by atoms with Crippen molar-refractivity contribution in [2.45, 2.75) is 18.4 Å². The zero-order chi connectivity index (χ0) is 20.9. The van der Waals surface area contributed by atoms with Crippen LogP contribution in [0.2, 0.25) is 0 Å². The van der Waals surface area contributed by atoms with Crippen molar-refractivity contribution in [3.63, 3.8) is 0 Å². The van der Waals surface area contributed by atoms with Gasteiger partial charge in [0.25, 0.3) is 0 Å². The quantitative estimate of drug-likeness (QED) is 0.755. The molecular weight excluding hydrogens is 408 g/mol. The lowest BCUT2D eigenvalue weighted by Crippen LogP contribution is -2.34. The minimum Gasteiger partial charge on any atom is -0.442 e. The number of benzene rings is 1. The highest BCUT2D eigenvalue weighted by Crippen LogP contribution is 2.60. The van der Waals surface area contributed by atoms with E-state index in [0.717, 1.165) is 17.0 Å². The molecule has 3 fully saturated rings. The van der Waals surface area contributed by atoms with Gasteiger partial charge in [-0.1, -0.05) is 0 Å². The molecule has 154 valence electrons. The first-order valence-corrected chi connectivity index (χ1v) is 10.8. The molecule has 1 N–H and O–H groups in total. The monoisotopic (exact) mass is 425 g/mol. The molecule has 1 aliphatic carbocycles. The first kappa shape index (κ1) is 19.6. The summed E-state index contributed by atoms with van der Waals surface area (Å²) in [5.74, 6) is -3.24. The summed E-state index contributed by atoms with van der Waals surface area (Å²) in [6.45, 7) is -0.0392. The van der Waals surface area contributed by atoms with Gasteiger partial charge in [-0.2, -0.15) is 5.26 Å². The van der Waals surface area contributed by atoms with Gasteiger partial charge in [0, 0.05) is 5.56 Å². The number of nitrogens with one attached hydrogen (secondary N) is 1. The lowest BCUT2D eigenvalue weighted by molar-refractivity contribution is -0.120. The van der Waals surface area contributed by atoms with E-state index in [9.17, 15) is 26.8 Å². The first-order chi connectivity index (χ1) is 13.7. The van der Waals surface area contributed by atoms with Crippen LogP contribution in [0.3, 0.4) is 0 Å². The smallest absolute Gasteiger partial charge is 0.414 e. The average molecular weight is 425 g/mol. The second-order valence-electron chi connectivity index (χ2n) is 7.51. The zero-order valence-corrected chi connectivity index (χ0v) is 15.9. The molecule has 1 aromatic carbocycles. The number of nitrogens with zero attached hydrogens (tertiary/aromatic N) is 2. The molecule has 29 heavy (non-hydrogen) atoms. The fraction of sp³-hybridized carbons (Fsp3) is 0.500. The molecule has 0 unspecified atom stereocenters. The molecule has 0 bridgehead atoms. The summed E-state index contributed by atoms with van der Waals surface area (Å²) in [4.78, 5) is 24.5. The standard InChI is InChI=1S/C18H17F2N3O5S/c19-13-3-9(23-6-10(28-18(23)25)5-22-15(24)1-2-21)4-14(20)17(13)16-11-7-29(26,27)8-12(11)16/h3-4,10-12,16H,1,5-8H2,(H,22,24)/t10-,11-,12+,16+/m0/s1. The lowest BCUT2D eigenvalue weighted by atomic mass is 10.1. The van der Waals surface area contributed by atoms with Crippen molar-refractivity contribution in [1.29, 1.82) is 5.26 Å². The van der Waals surface area contributed by atoms with Gasteiger partial charge in [0.05, 0.1) is 36.4 Å². The second kappa shape index (κ2) is 6.95. The van der Waals surface area contributed by atoms with E-state index in [0.29, 0.717) is 0 Å². The molecule has 0 aromatic heterocycles. The van der Waals surface area contributed by atoms with Crippen LogP contribution in [0.5, 0.6) is 0 Å². The maximum absolute atomic E-state index is 14.7. The van der Waals surface area contributed by atoms with Gasteiger partial charge in [0.2, 0.25) is 5.91 Å². The van der Waals surface area contributed by atoms with E-state index in [1.807, 2.05) is 0 Å². The van der Waals surface area contributed by atoms with Crippen LogP contribution < -0.4 is 10.2 Å². The molecule has 11 heteroatoms. The van der Waals surface area contributed by atoms with Crippen molar-refractivity contribution in [2.24, 2.45) is 11.8 Å². The Balaban J connectivity index is 1.46. The summed E-state index contributed by atoms with van der Waals surface area (Å²) in [5.41, 5.74) is -0.149. The number of rotatable bonds is 5. The van der Waals surface area contributed by atoms with Crippen molar-refractivity contribution >= 4 is 27.5 Å². The molecule has 2 amide bonds. The lowest BCUT2D eigenvalue weighted by Gasteiger charge is -2.16. The number of carbonyl (C=O) groups excluding carboxylic acids is 2. The topological polar surface area (TPSA) is 117 Å². The summed E-state index contributed by atoms with van der Waals surface area (Å²) in [6, 6.07) is 3.77. The Labute approximate surface area is 165 Å². The van der Waals surface area contributed by atoms with Gasteiger partial charge in [-0.05, 0) is 29.9 Å². The van der Waals surface area contributed by atoms with Crippen molar-refractivity contribution in [2.75, 3.05) is 29.5 Å². The van der Waals surface area contributed by atoms with E-state index in [1.54, 1.807) is 6.07 Å². The number of ether oxygens (including phenoxy) is 1. The number of halogens is 2. The molecule has 8 nitrogen and oxygen atoms in total. The Kier molecular flexibility index (Phi) is 4.69. The van der Waals surface area contributed by atoms with Crippen molar-refractivity contribution < 1.29 is 31.5 Å². The normalized spacial score (nSPS) is 29.1. The van der Waals surface area contributed by atoms with E-state index in [2.05, 4.69) is 5.32 Å². The van der Waals surface area contributed by atoms with Crippen LogP contribution in [0.15, 0.2) is 12.1 Å². The van der Waals surface area contributed by atoms with E-state index in [4.69, 9.17) is 10.00 Å². The predicted octanol–water partition coefficient (Wildman–Crippen LogP) is 1.08. The molecule has 0 spiro atoms. The Morgan fingerprint density at radius 1 is 1.28 bits per heavy atom. The number of hydrogen-bond donors (Lipinski definition) is 1. The van der Waals surface area contributed by atoms with E-state index < -0.39 is 45.5 Å². The van der Waals surface area contributed by atoms with E-state index >= 15 is 0 Å². The average Bonchev–Trinajstić information content (AvgIpc) is 2.97. The van der Waals surface area contributed by atoms with Crippen LogP contribution in [0.1, 0.15) is 17.9 Å². The molecule has 2 heterocycles. The fourth-order valence-electron chi connectivity index (χ4n) is 4.23. The number of sulfone groups is 1. The highest BCUT2D eigenvalue weighted by atomic mass is 32.2. The summed E-state index contributed by atoms with van der Waals surface area (Å²) in [7, 11) is -3.12. The highest BCUT2D eigenvalue weighted by molar-refractivity contribution is 7.91. The van der Waals surface area contributed by atoms with Crippen molar-refractivity contribution in [3.05, 3.63) is 29.3 Å². The summed E-state index contributed by atoms with van der Waals surface area (Å²) in [5, 5.41) is 10.9. The third-order valence-corrected chi connectivity index (χ3v) is 7.36. The van der Waals surface area contributed by atoms with Gasteiger partial charge in [-0.3, -0.25) is 9.69 Å². The molecule has 1 saturated carbocycles.